The second-order valence-corrected chi connectivity index (χ2v) is 5.22. The maximum atomic E-state index is 11.7. The van der Waals surface area contributed by atoms with Gasteiger partial charge in [-0.1, -0.05) is 0 Å². The Morgan fingerprint density at radius 2 is 2.04 bits per heavy atom. The number of pyridine rings is 2. The molecule has 3 aromatic rings. The largest absolute Gasteiger partial charge is 0.395 e. The minimum absolute atomic E-state index is 0.130. The number of urea groups is 1. The van der Waals surface area contributed by atoms with Gasteiger partial charge in [0.2, 0.25) is 5.95 Å². The Balaban J connectivity index is 1.85. The molecule has 0 saturated carbocycles. The molecule has 2 amide bonds. The van der Waals surface area contributed by atoms with Crippen LogP contribution in [0.1, 0.15) is 5.56 Å². The number of fused-ring (bicyclic) bond motifs is 1. The summed E-state index contributed by atoms with van der Waals surface area (Å²) in [5.74, 6) is 0.765. The van der Waals surface area contributed by atoms with Crippen LogP contribution >= 0.6 is 0 Å². The summed E-state index contributed by atoms with van der Waals surface area (Å²) in [5.41, 5.74) is 2.16. The molecule has 0 bridgehead atoms. The Kier molecular flexibility index (Phi) is 4.95. The molecule has 0 radical (unpaired) electrons. The van der Waals surface area contributed by atoms with E-state index in [4.69, 9.17) is 5.11 Å². The molecule has 3 aromatic heterocycles. The number of hydrogen-bond donors (Lipinski definition) is 4. The average molecular weight is 339 g/mol. The van der Waals surface area contributed by atoms with Crippen LogP contribution in [0.3, 0.4) is 0 Å². The number of nitrogens with zero attached hydrogens (tertiary/aromatic N) is 4. The Labute approximate surface area is 143 Å². The third-order valence-electron chi connectivity index (χ3n) is 3.35. The lowest BCUT2D eigenvalue weighted by atomic mass is 10.2. The van der Waals surface area contributed by atoms with E-state index in [1.54, 1.807) is 36.8 Å². The molecular formula is C16H17N7O2. The van der Waals surface area contributed by atoms with Crippen molar-refractivity contribution in [2.75, 3.05) is 23.8 Å². The summed E-state index contributed by atoms with van der Waals surface area (Å²) in [6.45, 7) is 1.93. The zero-order valence-corrected chi connectivity index (χ0v) is 13.5. The molecule has 0 spiro atoms. The van der Waals surface area contributed by atoms with Crippen molar-refractivity contribution in [3.63, 3.8) is 0 Å². The molecule has 0 unspecified atom stereocenters. The molecule has 25 heavy (non-hydrogen) atoms. The van der Waals surface area contributed by atoms with Gasteiger partial charge >= 0.3 is 6.03 Å². The van der Waals surface area contributed by atoms with Crippen LogP contribution in [0.5, 0.6) is 0 Å². The Morgan fingerprint density at radius 1 is 1.24 bits per heavy atom. The summed E-state index contributed by atoms with van der Waals surface area (Å²) in [7, 11) is 0. The normalized spacial score (nSPS) is 10.5. The van der Waals surface area contributed by atoms with E-state index in [0.717, 1.165) is 16.6 Å². The van der Waals surface area contributed by atoms with Crippen LogP contribution in [0.25, 0.3) is 11.0 Å². The van der Waals surface area contributed by atoms with E-state index in [1.165, 1.54) is 0 Å². The second-order valence-electron chi connectivity index (χ2n) is 5.22. The first-order valence-corrected chi connectivity index (χ1v) is 7.63. The lowest BCUT2D eigenvalue weighted by Crippen LogP contribution is -2.31. The van der Waals surface area contributed by atoms with Crippen molar-refractivity contribution in [3.8, 4) is 0 Å². The fourth-order valence-electron chi connectivity index (χ4n) is 2.18. The molecule has 3 heterocycles. The van der Waals surface area contributed by atoms with Gasteiger partial charge in [-0.05, 0) is 30.7 Å². The van der Waals surface area contributed by atoms with Gasteiger partial charge in [-0.2, -0.15) is 4.98 Å². The Morgan fingerprint density at radius 3 is 2.80 bits per heavy atom. The fourth-order valence-corrected chi connectivity index (χ4v) is 2.18. The number of aryl methyl sites for hydroxylation is 1. The zero-order valence-electron chi connectivity index (χ0n) is 13.5. The molecule has 0 aliphatic heterocycles. The Bertz CT molecular complexity index is 886. The van der Waals surface area contributed by atoms with E-state index in [0.29, 0.717) is 17.4 Å². The third-order valence-corrected chi connectivity index (χ3v) is 3.35. The predicted molar refractivity (Wildman–Crippen MR) is 93.7 cm³/mol. The van der Waals surface area contributed by atoms with Crippen LogP contribution in [0.4, 0.5) is 22.2 Å². The highest BCUT2D eigenvalue weighted by Crippen LogP contribution is 2.20. The van der Waals surface area contributed by atoms with Crippen LogP contribution in [-0.2, 0) is 0 Å². The standard InChI is InChI=1S/C16H17N7O2/c1-10-8-13(22-16(25)18-6-7-24)21-14-12(10)9-19-15(23-14)20-11-2-4-17-5-3-11/h2-5,8-9,24H,6-7H2,1H3,(H3,17,18,19,20,21,22,23,25). The van der Waals surface area contributed by atoms with E-state index < -0.39 is 6.03 Å². The van der Waals surface area contributed by atoms with E-state index in [2.05, 4.69) is 35.9 Å². The number of nitrogens with one attached hydrogen (secondary N) is 3. The quantitative estimate of drug-likeness (QED) is 0.556. The molecule has 9 heteroatoms. The van der Waals surface area contributed by atoms with Gasteiger partial charge in [0.25, 0.3) is 0 Å². The van der Waals surface area contributed by atoms with E-state index in [9.17, 15) is 4.79 Å². The molecule has 3 rings (SSSR count). The smallest absolute Gasteiger partial charge is 0.320 e. The van der Waals surface area contributed by atoms with Crippen molar-refractivity contribution >= 4 is 34.5 Å². The lowest BCUT2D eigenvalue weighted by molar-refractivity contribution is 0.244. The number of hydrogen-bond acceptors (Lipinski definition) is 7. The number of carbonyl (C=O) groups is 1. The average Bonchev–Trinajstić information content (AvgIpc) is 2.60. The third kappa shape index (κ3) is 4.15. The van der Waals surface area contributed by atoms with Crippen LogP contribution in [-0.4, -0.2) is 44.2 Å². The minimum Gasteiger partial charge on any atom is -0.395 e. The number of anilines is 3. The topological polar surface area (TPSA) is 125 Å². The van der Waals surface area contributed by atoms with Gasteiger partial charge in [-0.3, -0.25) is 10.3 Å². The van der Waals surface area contributed by atoms with Crippen molar-refractivity contribution < 1.29 is 9.90 Å². The molecule has 0 aromatic carbocycles. The molecule has 9 nitrogen and oxygen atoms in total. The molecule has 4 N–H and O–H groups in total. The van der Waals surface area contributed by atoms with Crippen molar-refractivity contribution in [3.05, 3.63) is 42.4 Å². The number of amides is 2. The van der Waals surface area contributed by atoms with Gasteiger partial charge in [0.15, 0.2) is 5.65 Å². The van der Waals surface area contributed by atoms with Gasteiger partial charge < -0.3 is 15.7 Å². The summed E-state index contributed by atoms with van der Waals surface area (Å²) < 4.78 is 0. The van der Waals surface area contributed by atoms with E-state index in [-0.39, 0.29) is 13.2 Å². The molecule has 0 atom stereocenters. The summed E-state index contributed by atoms with van der Waals surface area (Å²) in [6, 6.07) is 4.90. The molecule has 0 saturated heterocycles. The summed E-state index contributed by atoms with van der Waals surface area (Å²) >= 11 is 0. The van der Waals surface area contributed by atoms with E-state index >= 15 is 0 Å². The zero-order chi connectivity index (χ0) is 17.6. The maximum absolute atomic E-state index is 11.7. The van der Waals surface area contributed by atoms with Gasteiger partial charge in [0.05, 0.1) is 6.61 Å². The summed E-state index contributed by atoms with van der Waals surface area (Å²) in [6.07, 6.45) is 5.02. The number of carbonyl (C=O) groups excluding carboxylic acids is 1. The monoisotopic (exact) mass is 339 g/mol. The van der Waals surface area contributed by atoms with Gasteiger partial charge in [0.1, 0.15) is 5.82 Å². The molecular weight excluding hydrogens is 322 g/mol. The predicted octanol–water partition coefficient (Wildman–Crippen LogP) is 1.59. The van der Waals surface area contributed by atoms with Gasteiger partial charge in [0, 0.05) is 36.2 Å². The number of aromatic nitrogens is 4. The SMILES string of the molecule is Cc1cc(NC(=O)NCCO)nc2nc(Nc3ccncc3)ncc12. The van der Waals surface area contributed by atoms with Crippen molar-refractivity contribution in [1.29, 1.82) is 0 Å². The highest BCUT2D eigenvalue weighted by atomic mass is 16.3. The highest BCUT2D eigenvalue weighted by Gasteiger charge is 2.09. The van der Waals surface area contributed by atoms with Crippen LogP contribution in [0.2, 0.25) is 0 Å². The Hall–Kier alpha value is -3.33. The fraction of sp³-hybridized carbons (Fsp3) is 0.188. The molecule has 0 aliphatic carbocycles. The van der Waals surface area contributed by atoms with Crippen LogP contribution < -0.4 is 16.0 Å². The first kappa shape index (κ1) is 16.5. The maximum Gasteiger partial charge on any atom is 0.320 e. The molecule has 128 valence electrons. The number of rotatable bonds is 5. The summed E-state index contributed by atoms with van der Waals surface area (Å²) in [5, 5.41) is 17.7. The van der Waals surface area contributed by atoms with Crippen LogP contribution in [0, 0.1) is 6.92 Å². The van der Waals surface area contributed by atoms with E-state index in [1.807, 2.05) is 6.92 Å². The van der Waals surface area contributed by atoms with Crippen LogP contribution in [0.15, 0.2) is 36.8 Å². The van der Waals surface area contributed by atoms with Gasteiger partial charge in [-0.25, -0.2) is 14.8 Å². The van der Waals surface area contributed by atoms with Crippen molar-refractivity contribution in [1.82, 2.24) is 25.3 Å². The highest BCUT2D eigenvalue weighted by molar-refractivity contribution is 5.90. The van der Waals surface area contributed by atoms with Crippen molar-refractivity contribution in [2.45, 2.75) is 6.92 Å². The lowest BCUT2D eigenvalue weighted by Gasteiger charge is -2.09. The summed E-state index contributed by atoms with van der Waals surface area (Å²) in [4.78, 5) is 28.7. The number of aliphatic hydroxyl groups is 1. The number of aliphatic hydroxyl groups excluding tert-OH is 1. The van der Waals surface area contributed by atoms with Gasteiger partial charge in [-0.15, -0.1) is 0 Å². The second kappa shape index (κ2) is 7.49. The first-order chi connectivity index (χ1) is 12.2. The first-order valence-electron chi connectivity index (χ1n) is 7.63. The molecule has 0 fully saturated rings. The van der Waals surface area contributed by atoms with Crippen molar-refractivity contribution in [2.24, 2.45) is 0 Å². The minimum atomic E-state index is -0.440. The molecule has 0 aliphatic rings.